The van der Waals surface area contributed by atoms with Crippen molar-refractivity contribution in [2.75, 3.05) is 19.8 Å². The van der Waals surface area contributed by atoms with Gasteiger partial charge in [0.05, 0.1) is 13.2 Å². The number of hydrogen-bond acceptors (Lipinski definition) is 6. The molecule has 0 saturated carbocycles. The number of hydrogen-bond donors (Lipinski definition) is 5. The molecule has 0 aliphatic carbocycles. The summed E-state index contributed by atoms with van der Waals surface area (Å²) in [6.45, 7) is -2.30. The van der Waals surface area contributed by atoms with E-state index >= 15 is 0 Å². The van der Waals surface area contributed by atoms with Gasteiger partial charge in [-0.1, -0.05) is 0 Å². The Morgan fingerprint density at radius 3 is 2.48 bits per heavy atom. The number of aliphatic hydroxyl groups excluding tert-OH is 2. The lowest BCUT2D eigenvalue weighted by atomic mass is 10.1. The molecule has 0 spiro atoms. The van der Waals surface area contributed by atoms with Gasteiger partial charge in [-0.05, 0) is 0 Å². The monoisotopic (exact) mass is 357 g/mol. The largest absolute Gasteiger partial charge is 0.504 e. The Kier molecular flexibility index (Phi) is 5.73. The first kappa shape index (κ1) is 18.8. The van der Waals surface area contributed by atoms with Crippen LogP contribution in [0.25, 0.3) is 0 Å². The lowest BCUT2D eigenvalue weighted by Crippen LogP contribution is -2.43. The zero-order chi connectivity index (χ0) is 18.6. The second-order valence-electron chi connectivity index (χ2n) is 5.55. The van der Waals surface area contributed by atoms with E-state index in [4.69, 9.17) is 14.9 Å². The minimum absolute atomic E-state index is 0.168. The Bertz CT molecular complexity index is 804. The van der Waals surface area contributed by atoms with Crippen molar-refractivity contribution in [2.45, 2.75) is 12.0 Å². The summed E-state index contributed by atoms with van der Waals surface area (Å²) in [5, 5.41) is 37.8. The number of pyridine rings is 1. The highest BCUT2D eigenvalue weighted by Crippen LogP contribution is 2.34. The maximum absolute atomic E-state index is 13.7. The van der Waals surface area contributed by atoms with E-state index in [0.717, 1.165) is 0 Å². The molecule has 9 heteroatoms. The fraction of sp³-hybridized carbons (Fsp3) is 0.312. The number of aromatic hydroxyl groups is 1. The Hall–Kier alpha value is -2.49. The van der Waals surface area contributed by atoms with Crippen LogP contribution in [0.1, 0.15) is 11.3 Å². The summed E-state index contributed by atoms with van der Waals surface area (Å²) < 4.78 is 32.4. The Morgan fingerprint density at radius 1 is 1.20 bits per heavy atom. The molecule has 2 rings (SSSR count). The third kappa shape index (κ3) is 4.32. The maximum atomic E-state index is 13.7. The molecule has 2 aromatic rings. The number of aromatic nitrogens is 1. The summed E-state index contributed by atoms with van der Waals surface area (Å²) >= 11 is 0. The van der Waals surface area contributed by atoms with E-state index in [9.17, 15) is 23.8 Å². The van der Waals surface area contributed by atoms with Gasteiger partial charge in [-0.25, -0.2) is 4.39 Å². The van der Waals surface area contributed by atoms with Crippen LogP contribution in [0.5, 0.6) is 11.5 Å². The molecule has 0 aliphatic rings. The van der Waals surface area contributed by atoms with Crippen LogP contribution in [0.3, 0.4) is 0 Å². The molecule has 1 aromatic carbocycles. The lowest BCUT2D eigenvalue weighted by Gasteiger charge is -2.24. The smallest absolute Gasteiger partial charge is 0.200 e. The number of rotatable bonds is 7. The van der Waals surface area contributed by atoms with Gasteiger partial charge in [-0.2, -0.15) is 4.39 Å². The van der Waals surface area contributed by atoms with Crippen LogP contribution in [0, 0.1) is 11.6 Å². The van der Waals surface area contributed by atoms with E-state index in [2.05, 4.69) is 4.98 Å². The van der Waals surface area contributed by atoms with Gasteiger partial charge in [0.1, 0.15) is 18.0 Å². The second-order valence-corrected chi connectivity index (χ2v) is 5.55. The van der Waals surface area contributed by atoms with Crippen molar-refractivity contribution in [1.29, 1.82) is 0 Å². The number of aromatic amines is 1. The van der Waals surface area contributed by atoms with Gasteiger partial charge in [0.25, 0.3) is 0 Å². The minimum atomic E-state index is -2.00. The summed E-state index contributed by atoms with van der Waals surface area (Å²) in [6.07, 6.45) is 1.16. The predicted molar refractivity (Wildman–Crippen MR) is 82.5 cm³/mol. The molecule has 0 aliphatic heterocycles. The van der Waals surface area contributed by atoms with Crippen LogP contribution in [0.4, 0.5) is 8.78 Å². The Labute approximate surface area is 140 Å². The molecule has 0 unspecified atom stereocenters. The zero-order valence-corrected chi connectivity index (χ0v) is 13.0. The van der Waals surface area contributed by atoms with Crippen LogP contribution in [0.2, 0.25) is 0 Å². The predicted octanol–water partition coefficient (Wildman–Crippen LogP) is 0.0440. The van der Waals surface area contributed by atoms with Crippen LogP contribution in [-0.4, -0.2) is 50.8 Å². The molecule has 0 amide bonds. The van der Waals surface area contributed by atoms with E-state index in [0.29, 0.717) is 11.8 Å². The summed E-state index contributed by atoms with van der Waals surface area (Å²) in [5.74, 6) is -4.17. The molecular weight excluding hydrogens is 340 g/mol. The van der Waals surface area contributed by atoms with Gasteiger partial charge in [-0.15, -0.1) is 0 Å². The Morgan fingerprint density at radius 2 is 1.88 bits per heavy atom. The molecular formula is C16H17F2NO6. The number of phenolic OH excluding ortho intramolecular Hbond substituents is 1. The Balaban J connectivity index is 2.39. The third-order valence-corrected chi connectivity index (χ3v) is 3.54. The normalized spacial score (nSPS) is 11.6. The molecule has 0 saturated heterocycles. The fourth-order valence-electron chi connectivity index (χ4n) is 2.07. The van der Waals surface area contributed by atoms with E-state index in [1.165, 1.54) is 18.3 Å². The second kappa shape index (κ2) is 7.60. The quantitative estimate of drug-likeness (QED) is 0.477. The summed E-state index contributed by atoms with van der Waals surface area (Å²) in [6, 6.07) is 3.14. The van der Waals surface area contributed by atoms with Gasteiger partial charge in [0.2, 0.25) is 5.82 Å². The van der Waals surface area contributed by atoms with Gasteiger partial charge in [-0.3, -0.25) is 4.79 Å². The molecule has 0 atom stereocenters. The van der Waals surface area contributed by atoms with E-state index in [-0.39, 0.29) is 23.2 Å². The van der Waals surface area contributed by atoms with Gasteiger partial charge in [0, 0.05) is 42.1 Å². The fourth-order valence-corrected chi connectivity index (χ4v) is 2.07. The topological polar surface area (TPSA) is 123 Å². The molecule has 0 bridgehead atoms. The first-order chi connectivity index (χ1) is 11.8. The number of phenols is 1. The van der Waals surface area contributed by atoms with Gasteiger partial charge in [0.15, 0.2) is 17.0 Å². The first-order valence-electron chi connectivity index (χ1n) is 7.24. The number of benzene rings is 1. The van der Waals surface area contributed by atoms with Crippen molar-refractivity contribution >= 4 is 0 Å². The molecule has 0 radical (unpaired) electrons. The van der Waals surface area contributed by atoms with E-state index in [1.54, 1.807) is 0 Å². The average Bonchev–Trinajstić information content (AvgIpc) is 2.60. The molecule has 7 nitrogen and oxygen atoms in total. The summed E-state index contributed by atoms with van der Waals surface area (Å²) in [4.78, 5) is 14.1. The van der Waals surface area contributed by atoms with Crippen molar-refractivity contribution in [3.63, 3.8) is 0 Å². The first-order valence-corrected chi connectivity index (χ1v) is 7.24. The molecule has 25 heavy (non-hydrogen) atoms. The van der Waals surface area contributed by atoms with Crippen molar-refractivity contribution < 1.29 is 33.9 Å². The molecule has 5 N–H and O–H groups in total. The van der Waals surface area contributed by atoms with Crippen LogP contribution < -0.4 is 10.2 Å². The van der Waals surface area contributed by atoms with E-state index < -0.39 is 42.8 Å². The van der Waals surface area contributed by atoms with Crippen LogP contribution >= 0.6 is 0 Å². The molecule has 0 fully saturated rings. The molecule has 136 valence electrons. The van der Waals surface area contributed by atoms with Crippen molar-refractivity contribution in [3.05, 3.63) is 57.5 Å². The highest BCUT2D eigenvalue weighted by atomic mass is 19.2. The third-order valence-electron chi connectivity index (χ3n) is 3.54. The molecule has 1 aromatic heterocycles. The number of ether oxygens (including phenoxy) is 1. The number of nitrogens with one attached hydrogen (secondary N) is 1. The van der Waals surface area contributed by atoms with E-state index in [1.807, 2.05) is 0 Å². The highest BCUT2D eigenvalue weighted by molar-refractivity contribution is 5.47. The van der Waals surface area contributed by atoms with Gasteiger partial charge >= 0.3 is 0 Å². The standard InChI is InChI=1S/C16H17F2NO6/c17-12-5-13(25-8-16(24,6-20)7-21)11(15(23)14(12)18)4-9-3-10(22)1-2-19-9/h1-3,5,20-21,23-24H,4,6-8H2,(H,19,22). The van der Waals surface area contributed by atoms with Crippen LogP contribution in [-0.2, 0) is 6.42 Å². The van der Waals surface area contributed by atoms with Crippen molar-refractivity contribution in [2.24, 2.45) is 0 Å². The van der Waals surface area contributed by atoms with Crippen molar-refractivity contribution in [3.8, 4) is 11.5 Å². The molecule has 1 heterocycles. The summed E-state index contributed by atoms with van der Waals surface area (Å²) in [7, 11) is 0. The maximum Gasteiger partial charge on any atom is 0.200 e. The van der Waals surface area contributed by atoms with Gasteiger partial charge < -0.3 is 30.1 Å². The number of halogens is 2. The van der Waals surface area contributed by atoms with Crippen molar-refractivity contribution in [1.82, 2.24) is 4.98 Å². The number of aliphatic hydroxyl groups is 3. The average molecular weight is 357 g/mol. The highest BCUT2D eigenvalue weighted by Gasteiger charge is 2.28. The number of H-pyrrole nitrogens is 1. The minimum Gasteiger partial charge on any atom is -0.504 e. The SMILES string of the molecule is O=c1cc[nH]c(Cc2c(OCC(O)(CO)CO)cc(F)c(F)c2O)c1. The zero-order valence-electron chi connectivity index (χ0n) is 13.0. The van der Waals surface area contributed by atoms with Crippen LogP contribution in [0.15, 0.2) is 29.2 Å². The lowest BCUT2D eigenvalue weighted by molar-refractivity contribution is -0.0808. The summed E-state index contributed by atoms with van der Waals surface area (Å²) in [5.41, 5.74) is -2.19.